The van der Waals surface area contributed by atoms with Crippen molar-refractivity contribution in [2.45, 2.75) is 18.7 Å². The predicted octanol–water partition coefficient (Wildman–Crippen LogP) is 4.21. The zero-order valence-corrected chi connectivity index (χ0v) is 15.0. The molecule has 1 fully saturated rings. The number of halogens is 3. The summed E-state index contributed by atoms with van der Waals surface area (Å²) in [5, 5.41) is 11.7. The van der Waals surface area contributed by atoms with E-state index in [2.05, 4.69) is 9.97 Å². The van der Waals surface area contributed by atoms with Gasteiger partial charge < -0.3 is 9.64 Å². The first-order chi connectivity index (χ1) is 13.8. The zero-order valence-electron chi connectivity index (χ0n) is 15.0. The maximum absolute atomic E-state index is 12.6. The number of nitro groups is 1. The Kier molecular flexibility index (Phi) is 4.69. The number of ether oxygens (including phenoxy) is 1. The Labute approximate surface area is 162 Å². The van der Waals surface area contributed by atoms with Gasteiger partial charge in [0.05, 0.1) is 28.1 Å². The monoisotopic (exact) mass is 404 g/mol. The summed E-state index contributed by atoms with van der Waals surface area (Å²) in [5.41, 5.74) is 0.423. The van der Waals surface area contributed by atoms with Crippen molar-refractivity contribution in [1.82, 2.24) is 9.97 Å². The van der Waals surface area contributed by atoms with E-state index < -0.39 is 16.7 Å². The molecule has 7 nitrogen and oxygen atoms in total. The van der Waals surface area contributed by atoms with Gasteiger partial charge in [0.15, 0.2) is 0 Å². The second-order valence-electron chi connectivity index (χ2n) is 6.62. The minimum Gasteiger partial charge on any atom is -0.472 e. The van der Waals surface area contributed by atoms with Crippen molar-refractivity contribution in [2.75, 3.05) is 18.0 Å². The third-order valence-electron chi connectivity index (χ3n) is 4.76. The summed E-state index contributed by atoms with van der Waals surface area (Å²) < 4.78 is 43.6. The molecule has 0 saturated carbocycles. The van der Waals surface area contributed by atoms with Gasteiger partial charge in [0.1, 0.15) is 11.6 Å². The molecule has 0 aliphatic carbocycles. The van der Waals surface area contributed by atoms with Crippen molar-refractivity contribution in [3.8, 4) is 5.88 Å². The highest BCUT2D eigenvalue weighted by atomic mass is 19.4. The number of aromatic nitrogens is 2. The van der Waals surface area contributed by atoms with E-state index in [4.69, 9.17) is 4.74 Å². The van der Waals surface area contributed by atoms with Gasteiger partial charge in [-0.2, -0.15) is 13.2 Å². The SMILES string of the molecule is O=[N+]([O-])c1ccc(N2CCC(Oc3ccc(C(F)(F)F)cn3)C2)c2ncccc12. The number of fused-ring (bicyclic) bond motifs is 1. The van der Waals surface area contributed by atoms with Crippen LogP contribution in [-0.2, 0) is 6.18 Å². The molecular weight excluding hydrogens is 389 g/mol. The number of rotatable bonds is 4. The summed E-state index contributed by atoms with van der Waals surface area (Å²) in [4.78, 5) is 20.8. The quantitative estimate of drug-likeness (QED) is 0.479. The van der Waals surface area contributed by atoms with E-state index in [9.17, 15) is 23.3 Å². The molecule has 0 amide bonds. The van der Waals surface area contributed by atoms with Crippen molar-refractivity contribution >= 4 is 22.3 Å². The van der Waals surface area contributed by atoms with Crippen LogP contribution in [0, 0.1) is 10.1 Å². The summed E-state index contributed by atoms with van der Waals surface area (Å²) in [5.74, 6) is 0.122. The van der Waals surface area contributed by atoms with E-state index in [1.54, 1.807) is 24.4 Å². The molecule has 150 valence electrons. The minimum absolute atomic E-state index is 0.0159. The van der Waals surface area contributed by atoms with E-state index in [1.807, 2.05) is 4.90 Å². The number of benzene rings is 1. The summed E-state index contributed by atoms with van der Waals surface area (Å²) >= 11 is 0. The molecule has 1 aliphatic rings. The van der Waals surface area contributed by atoms with Crippen LogP contribution in [-0.4, -0.2) is 34.1 Å². The Bertz CT molecular complexity index is 1060. The molecule has 1 unspecified atom stereocenters. The Morgan fingerprint density at radius 1 is 1.17 bits per heavy atom. The van der Waals surface area contributed by atoms with Gasteiger partial charge in [0, 0.05) is 37.5 Å². The Hall–Kier alpha value is -3.43. The lowest BCUT2D eigenvalue weighted by Gasteiger charge is -2.20. The molecule has 10 heteroatoms. The summed E-state index contributed by atoms with van der Waals surface area (Å²) in [6.07, 6.45) is -1.76. The Morgan fingerprint density at radius 3 is 2.69 bits per heavy atom. The molecule has 1 atom stereocenters. The van der Waals surface area contributed by atoms with Crippen LogP contribution in [0.3, 0.4) is 0 Å². The maximum Gasteiger partial charge on any atom is 0.417 e. The van der Waals surface area contributed by atoms with Crippen molar-refractivity contribution < 1.29 is 22.8 Å². The second kappa shape index (κ2) is 7.19. The van der Waals surface area contributed by atoms with E-state index in [0.717, 1.165) is 18.0 Å². The molecule has 3 aromatic rings. The van der Waals surface area contributed by atoms with Crippen LogP contribution in [0.25, 0.3) is 10.9 Å². The van der Waals surface area contributed by atoms with Crippen molar-refractivity contribution in [3.63, 3.8) is 0 Å². The minimum atomic E-state index is -4.44. The maximum atomic E-state index is 12.6. The van der Waals surface area contributed by atoms with E-state index in [-0.39, 0.29) is 17.7 Å². The van der Waals surface area contributed by atoms with Gasteiger partial charge in [-0.15, -0.1) is 0 Å². The van der Waals surface area contributed by atoms with Gasteiger partial charge in [-0.3, -0.25) is 15.1 Å². The number of non-ortho nitro benzene ring substituents is 1. The van der Waals surface area contributed by atoms with E-state index in [0.29, 0.717) is 30.4 Å². The summed E-state index contributed by atoms with van der Waals surface area (Å²) in [7, 11) is 0. The molecule has 0 spiro atoms. The normalized spacial score (nSPS) is 16.9. The number of hydrogen-bond acceptors (Lipinski definition) is 6. The van der Waals surface area contributed by atoms with Gasteiger partial charge in [0.25, 0.3) is 5.69 Å². The number of nitro benzene ring substituents is 1. The second-order valence-corrected chi connectivity index (χ2v) is 6.62. The summed E-state index contributed by atoms with van der Waals surface area (Å²) in [6, 6.07) is 8.54. The van der Waals surface area contributed by atoms with Crippen molar-refractivity contribution in [1.29, 1.82) is 0 Å². The largest absolute Gasteiger partial charge is 0.472 e. The average molecular weight is 404 g/mol. The lowest BCUT2D eigenvalue weighted by atomic mass is 10.1. The van der Waals surface area contributed by atoms with Gasteiger partial charge in [-0.1, -0.05) is 0 Å². The smallest absolute Gasteiger partial charge is 0.417 e. The Balaban J connectivity index is 1.52. The molecule has 4 rings (SSSR count). The lowest BCUT2D eigenvalue weighted by Crippen LogP contribution is -2.25. The lowest BCUT2D eigenvalue weighted by molar-refractivity contribution is -0.383. The number of nitrogens with zero attached hydrogens (tertiary/aromatic N) is 4. The standard InChI is InChI=1S/C19H15F3N4O3/c20-19(21,22)12-3-6-17(24-10-12)29-13-7-9-25(11-13)16-5-4-15(26(27)28)14-2-1-8-23-18(14)16/h1-6,8,10,13H,7,9,11H2. The van der Waals surface area contributed by atoms with Crippen molar-refractivity contribution in [2.24, 2.45) is 0 Å². The molecule has 29 heavy (non-hydrogen) atoms. The Morgan fingerprint density at radius 2 is 2.00 bits per heavy atom. The highest BCUT2D eigenvalue weighted by Gasteiger charge is 2.31. The first kappa shape index (κ1) is 18.9. The molecule has 3 heterocycles. The predicted molar refractivity (Wildman–Crippen MR) is 98.9 cm³/mol. The van der Waals surface area contributed by atoms with Gasteiger partial charge in [-0.25, -0.2) is 4.98 Å². The fourth-order valence-corrected chi connectivity index (χ4v) is 3.39. The van der Waals surface area contributed by atoms with Gasteiger partial charge >= 0.3 is 6.18 Å². The topological polar surface area (TPSA) is 81.4 Å². The molecule has 1 saturated heterocycles. The fraction of sp³-hybridized carbons (Fsp3) is 0.263. The molecule has 2 aromatic heterocycles. The first-order valence-corrected chi connectivity index (χ1v) is 8.80. The van der Waals surface area contributed by atoms with E-state index in [1.165, 1.54) is 12.1 Å². The van der Waals surface area contributed by atoms with Crippen LogP contribution < -0.4 is 9.64 Å². The van der Waals surface area contributed by atoms with Crippen LogP contribution >= 0.6 is 0 Å². The van der Waals surface area contributed by atoms with Gasteiger partial charge in [0.2, 0.25) is 5.88 Å². The third-order valence-corrected chi connectivity index (χ3v) is 4.76. The highest BCUT2D eigenvalue weighted by Crippen LogP contribution is 2.34. The molecule has 1 aliphatic heterocycles. The number of pyridine rings is 2. The van der Waals surface area contributed by atoms with E-state index >= 15 is 0 Å². The fourth-order valence-electron chi connectivity index (χ4n) is 3.39. The average Bonchev–Trinajstić information content (AvgIpc) is 3.15. The number of alkyl halides is 3. The van der Waals surface area contributed by atoms with Crippen LogP contribution in [0.2, 0.25) is 0 Å². The summed E-state index contributed by atoms with van der Waals surface area (Å²) in [6.45, 7) is 1.08. The number of hydrogen-bond donors (Lipinski definition) is 0. The van der Waals surface area contributed by atoms with Crippen LogP contribution in [0.15, 0.2) is 48.8 Å². The highest BCUT2D eigenvalue weighted by molar-refractivity contribution is 5.97. The molecule has 1 aromatic carbocycles. The molecule has 0 radical (unpaired) electrons. The van der Waals surface area contributed by atoms with Gasteiger partial charge in [-0.05, 0) is 24.3 Å². The van der Waals surface area contributed by atoms with Crippen molar-refractivity contribution in [3.05, 3.63) is 64.5 Å². The molecular formula is C19H15F3N4O3. The molecule has 0 bridgehead atoms. The van der Waals surface area contributed by atoms with Crippen LogP contribution in [0.1, 0.15) is 12.0 Å². The van der Waals surface area contributed by atoms with Crippen LogP contribution in [0.4, 0.5) is 24.5 Å². The zero-order chi connectivity index (χ0) is 20.6. The first-order valence-electron chi connectivity index (χ1n) is 8.80. The van der Waals surface area contributed by atoms with Crippen LogP contribution in [0.5, 0.6) is 5.88 Å². The number of anilines is 1. The third kappa shape index (κ3) is 3.78. The molecule has 0 N–H and O–H groups in total.